The molecule has 0 aliphatic heterocycles. The zero-order valence-corrected chi connectivity index (χ0v) is 13.8. The molecule has 1 aromatic carbocycles. The zero-order chi connectivity index (χ0) is 15.1. The van der Waals surface area contributed by atoms with Crippen molar-refractivity contribution in [1.82, 2.24) is 9.97 Å². The molecule has 0 radical (unpaired) electrons. The Morgan fingerprint density at radius 2 is 2.10 bits per heavy atom. The fourth-order valence-electron chi connectivity index (χ4n) is 1.83. The van der Waals surface area contributed by atoms with E-state index in [9.17, 15) is 0 Å². The highest BCUT2D eigenvalue weighted by molar-refractivity contribution is 9.10. The van der Waals surface area contributed by atoms with Crippen LogP contribution in [0.5, 0.6) is 0 Å². The van der Waals surface area contributed by atoms with Crippen molar-refractivity contribution in [2.45, 2.75) is 20.0 Å². The van der Waals surface area contributed by atoms with Crippen molar-refractivity contribution >= 4 is 33.4 Å². The van der Waals surface area contributed by atoms with Crippen LogP contribution in [-0.4, -0.2) is 23.6 Å². The number of rotatable bonds is 7. The lowest BCUT2D eigenvalue weighted by Gasteiger charge is -2.13. The molecule has 1 heterocycles. The summed E-state index contributed by atoms with van der Waals surface area (Å²) in [7, 11) is 1.68. The SMILES string of the molecule is CCCNc1ncc(Br)c(Nc2ccccc2COC)n1. The third kappa shape index (κ3) is 4.41. The molecule has 2 aromatic rings. The predicted molar refractivity (Wildman–Crippen MR) is 89.0 cm³/mol. The first kappa shape index (κ1) is 15.7. The first-order valence-electron chi connectivity index (χ1n) is 6.85. The Morgan fingerprint density at radius 3 is 2.86 bits per heavy atom. The molecule has 0 aliphatic carbocycles. The number of hydrogen-bond donors (Lipinski definition) is 2. The van der Waals surface area contributed by atoms with Crippen molar-refractivity contribution in [3.63, 3.8) is 0 Å². The number of para-hydroxylation sites is 1. The molecule has 2 rings (SSSR count). The smallest absolute Gasteiger partial charge is 0.224 e. The number of benzene rings is 1. The summed E-state index contributed by atoms with van der Waals surface area (Å²) < 4.78 is 6.03. The van der Waals surface area contributed by atoms with E-state index in [1.54, 1.807) is 13.3 Å². The summed E-state index contributed by atoms with van der Waals surface area (Å²) in [6.45, 7) is 3.50. The van der Waals surface area contributed by atoms with Crippen LogP contribution in [0.4, 0.5) is 17.5 Å². The van der Waals surface area contributed by atoms with E-state index in [1.807, 2.05) is 24.3 Å². The second kappa shape index (κ2) is 7.95. The van der Waals surface area contributed by atoms with E-state index in [-0.39, 0.29) is 0 Å². The van der Waals surface area contributed by atoms with Crippen LogP contribution < -0.4 is 10.6 Å². The molecule has 0 amide bonds. The minimum Gasteiger partial charge on any atom is -0.380 e. The van der Waals surface area contributed by atoms with E-state index >= 15 is 0 Å². The number of hydrogen-bond acceptors (Lipinski definition) is 5. The molecule has 0 fully saturated rings. The summed E-state index contributed by atoms with van der Waals surface area (Å²) in [5, 5.41) is 6.50. The highest BCUT2D eigenvalue weighted by atomic mass is 79.9. The van der Waals surface area contributed by atoms with Gasteiger partial charge in [0.2, 0.25) is 5.95 Å². The van der Waals surface area contributed by atoms with Gasteiger partial charge < -0.3 is 15.4 Å². The van der Waals surface area contributed by atoms with Crippen LogP contribution in [0.1, 0.15) is 18.9 Å². The average Bonchev–Trinajstić information content (AvgIpc) is 2.50. The lowest BCUT2D eigenvalue weighted by Crippen LogP contribution is -2.06. The Balaban J connectivity index is 2.22. The maximum atomic E-state index is 5.22. The van der Waals surface area contributed by atoms with Crippen molar-refractivity contribution < 1.29 is 4.74 Å². The van der Waals surface area contributed by atoms with E-state index in [0.717, 1.165) is 34.5 Å². The van der Waals surface area contributed by atoms with Crippen molar-refractivity contribution in [3.05, 3.63) is 40.5 Å². The fraction of sp³-hybridized carbons (Fsp3) is 0.333. The Labute approximate surface area is 133 Å². The van der Waals surface area contributed by atoms with Gasteiger partial charge in [-0.3, -0.25) is 0 Å². The van der Waals surface area contributed by atoms with Crippen molar-refractivity contribution in [2.24, 2.45) is 0 Å². The third-order valence-electron chi connectivity index (χ3n) is 2.85. The third-order valence-corrected chi connectivity index (χ3v) is 3.43. The van der Waals surface area contributed by atoms with Gasteiger partial charge in [0.05, 0.1) is 11.1 Å². The standard InChI is InChI=1S/C15H19BrN4O/c1-3-8-17-15-18-9-12(16)14(20-15)19-13-7-5-4-6-11(13)10-21-2/h4-7,9H,3,8,10H2,1-2H3,(H2,17,18,19,20). The van der Waals surface area contributed by atoms with Gasteiger partial charge in [0.25, 0.3) is 0 Å². The molecule has 2 N–H and O–H groups in total. The molecule has 112 valence electrons. The maximum Gasteiger partial charge on any atom is 0.224 e. The summed E-state index contributed by atoms with van der Waals surface area (Å²) in [6, 6.07) is 7.99. The number of anilines is 3. The quantitative estimate of drug-likeness (QED) is 0.791. The van der Waals surface area contributed by atoms with Crippen LogP contribution in [0.25, 0.3) is 0 Å². The summed E-state index contributed by atoms with van der Waals surface area (Å²) in [4.78, 5) is 8.73. The van der Waals surface area contributed by atoms with Gasteiger partial charge in [0.15, 0.2) is 0 Å². The number of aromatic nitrogens is 2. The van der Waals surface area contributed by atoms with Gasteiger partial charge in [-0.15, -0.1) is 0 Å². The van der Waals surface area contributed by atoms with Crippen LogP contribution in [0.3, 0.4) is 0 Å². The molecule has 5 nitrogen and oxygen atoms in total. The summed E-state index contributed by atoms with van der Waals surface area (Å²) in [5.74, 6) is 1.35. The van der Waals surface area contributed by atoms with Crippen molar-refractivity contribution in [1.29, 1.82) is 0 Å². The summed E-state index contributed by atoms with van der Waals surface area (Å²) in [5.41, 5.74) is 2.05. The number of nitrogens with zero attached hydrogens (tertiary/aromatic N) is 2. The molecule has 0 saturated heterocycles. The Morgan fingerprint density at radius 1 is 1.29 bits per heavy atom. The highest BCUT2D eigenvalue weighted by Crippen LogP contribution is 2.26. The molecule has 0 saturated carbocycles. The maximum absolute atomic E-state index is 5.22. The first-order valence-corrected chi connectivity index (χ1v) is 7.64. The van der Waals surface area contributed by atoms with E-state index in [4.69, 9.17) is 4.74 Å². The van der Waals surface area contributed by atoms with E-state index in [2.05, 4.69) is 43.5 Å². The molecule has 0 spiro atoms. The molecule has 6 heteroatoms. The molecular weight excluding hydrogens is 332 g/mol. The molecule has 0 bridgehead atoms. The molecule has 1 aromatic heterocycles. The minimum atomic E-state index is 0.548. The number of ether oxygens (including phenoxy) is 1. The van der Waals surface area contributed by atoms with Crippen LogP contribution in [0.15, 0.2) is 34.9 Å². The largest absolute Gasteiger partial charge is 0.380 e. The van der Waals surface area contributed by atoms with Crippen LogP contribution in [0, 0.1) is 0 Å². The molecule has 0 atom stereocenters. The van der Waals surface area contributed by atoms with Crippen LogP contribution in [-0.2, 0) is 11.3 Å². The second-order valence-corrected chi connectivity index (χ2v) is 5.39. The highest BCUT2D eigenvalue weighted by Gasteiger charge is 2.08. The Kier molecular flexibility index (Phi) is 5.95. The van der Waals surface area contributed by atoms with E-state index in [0.29, 0.717) is 12.6 Å². The van der Waals surface area contributed by atoms with Gasteiger partial charge in [0.1, 0.15) is 5.82 Å². The summed E-state index contributed by atoms with van der Waals surface area (Å²) in [6.07, 6.45) is 2.77. The second-order valence-electron chi connectivity index (χ2n) is 4.53. The zero-order valence-electron chi connectivity index (χ0n) is 12.2. The molecule has 0 aliphatic rings. The monoisotopic (exact) mass is 350 g/mol. The number of halogens is 1. The molecular formula is C15H19BrN4O. The van der Waals surface area contributed by atoms with Gasteiger partial charge in [-0.1, -0.05) is 25.1 Å². The van der Waals surface area contributed by atoms with Crippen LogP contribution >= 0.6 is 15.9 Å². The number of nitrogens with one attached hydrogen (secondary N) is 2. The van der Waals surface area contributed by atoms with Crippen molar-refractivity contribution in [3.8, 4) is 0 Å². The minimum absolute atomic E-state index is 0.548. The van der Waals surface area contributed by atoms with Gasteiger partial charge in [0, 0.05) is 31.1 Å². The van der Waals surface area contributed by atoms with Gasteiger partial charge in [-0.2, -0.15) is 4.98 Å². The summed E-state index contributed by atoms with van der Waals surface area (Å²) >= 11 is 3.47. The normalized spacial score (nSPS) is 10.4. The van der Waals surface area contributed by atoms with Gasteiger partial charge in [-0.25, -0.2) is 4.98 Å². The lowest BCUT2D eigenvalue weighted by molar-refractivity contribution is 0.185. The van der Waals surface area contributed by atoms with Gasteiger partial charge in [-0.05, 0) is 28.4 Å². The lowest BCUT2D eigenvalue weighted by atomic mass is 10.2. The van der Waals surface area contributed by atoms with Crippen molar-refractivity contribution in [2.75, 3.05) is 24.3 Å². The fourth-order valence-corrected chi connectivity index (χ4v) is 2.12. The molecule has 0 unspecified atom stereocenters. The molecule has 21 heavy (non-hydrogen) atoms. The predicted octanol–water partition coefficient (Wildman–Crippen LogP) is 3.95. The van der Waals surface area contributed by atoms with E-state index < -0.39 is 0 Å². The van der Waals surface area contributed by atoms with E-state index in [1.165, 1.54) is 0 Å². The Hall–Kier alpha value is -1.66. The van der Waals surface area contributed by atoms with Crippen LogP contribution in [0.2, 0.25) is 0 Å². The topological polar surface area (TPSA) is 59.1 Å². The Bertz CT molecular complexity index is 592. The average molecular weight is 351 g/mol. The number of methoxy groups -OCH3 is 1. The first-order chi connectivity index (χ1) is 10.2. The van der Waals surface area contributed by atoms with Gasteiger partial charge >= 0.3 is 0 Å².